The molecule has 3 nitrogen and oxygen atoms in total. The van der Waals surface area contributed by atoms with E-state index in [1.54, 1.807) is 12.5 Å². The van der Waals surface area contributed by atoms with Crippen LogP contribution in [0.1, 0.15) is 37.7 Å². The van der Waals surface area contributed by atoms with Gasteiger partial charge in [-0.3, -0.25) is 4.79 Å². The maximum absolute atomic E-state index is 11.5. The van der Waals surface area contributed by atoms with Gasteiger partial charge >= 0.3 is 5.97 Å². The summed E-state index contributed by atoms with van der Waals surface area (Å²) in [5, 5.41) is 0. The molecule has 78 valence electrons. The quantitative estimate of drug-likeness (QED) is 0.680. The molecule has 0 aliphatic rings. The van der Waals surface area contributed by atoms with Crippen molar-refractivity contribution in [1.29, 1.82) is 0 Å². The van der Waals surface area contributed by atoms with E-state index in [-0.39, 0.29) is 11.9 Å². The van der Waals surface area contributed by atoms with Gasteiger partial charge in [0.2, 0.25) is 0 Å². The lowest BCUT2D eigenvalue weighted by molar-refractivity contribution is -0.142. The van der Waals surface area contributed by atoms with Gasteiger partial charge in [-0.15, -0.1) is 0 Å². The maximum Gasteiger partial charge on any atom is 0.313 e. The van der Waals surface area contributed by atoms with Gasteiger partial charge in [-0.25, -0.2) is 0 Å². The lowest BCUT2D eigenvalue weighted by atomic mass is 9.96. The Hall–Kier alpha value is -1.25. The van der Waals surface area contributed by atoms with E-state index in [4.69, 9.17) is 9.15 Å². The molecule has 1 unspecified atom stereocenters. The standard InChI is InChI=1S/C11H16O3/c1-3-4-5-10(11(12)13-2)9-6-7-14-8-9/h6-8,10H,3-5H2,1-2H3. The summed E-state index contributed by atoms with van der Waals surface area (Å²) in [5.41, 5.74) is 0.908. The van der Waals surface area contributed by atoms with E-state index in [1.807, 2.05) is 6.07 Å². The molecule has 14 heavy (non-hydrogen) atoms. The average Bonchev–Trinajstić information content (AvgIpc) is 2.71. The van der Waals surface area contributed by atoms with Crippen LogP contribution in [0, 0.1) is 0 Å². The summed E-state index contributed by atoms with van der Waals surface area (Å²) in [4.78, 5) is 11.5. The van der Waals surface area contributed by atoms with Gasteiger partial charge in [-0.2, -0.15) is 0 Å². The van der Waals surface area contributed by atoms with Crippen LogP contribution in [0.4, 0.5) is 0 Å². The van der Waals surface area contributed by atoms with Gasteiger partial charge in [0.15, 0.2) is 0 Å². The van der Waals surface area contributed by atoms with Crippen LogP contribution < -0.4 is 0 Å². The Kier molecular flexibility index (Phi) is 4.23. The molecule has 0 aliphatic heterocycles. The number of ether oxygens (including phenoxy) is 1. The highest BCUT2D eigenvalue weighted by molar-refractivity contribution is 5.77. The number of hydrogen-bond acceptors (Lipinski definition) is 3. The molecule has 1 aromatic rings. The van der Waals surface area contributed by atoms with Crippen molar-refractivity contribution in [2.24, 2.45) is 0 Å². The molecule has 0 N–H and O–H groups in total. The smallest absolute Gasteiger partial charge is 0.313 e. The monoisotopic (exact) mass is 196 g/mol. The molecule has 3 heteroatoms. The zero-order chi connectivity index (χ0) is 10.4. The summed E-state index contributed by atoms with van der Waals surface area (Å²) in [6, 6.07) is 1.82. The molecule has 0 aromatic carbocycles. The minimum atomic E-state index is -0.181. The first kappa shape index (κ1) is 10.8. The summed E-state index contributed by atoms with van der Waals surface area (Å²) < 4.78 is 9.71. The summed E-state index contributed by atoms with van der Waals surface area (Å²) in [7, 11) is 1.42. The van der Waals surface area contributed by atoms with Crippen molar-refractivity contribution >= 4 is 5.97 Å². The molecular weight excluding hydrogens is 180 g/mol. The SMILES string of the molecule is CCCCC(C(=O)OC)c1ccoc1. The van der Waals surface area contributed by atoms with Crippen LogP contribution in [-0.2, 0) is 9.53 Å². The van der Waals surface area contributed by atoms with Gasteiger partial charge in [0.05, 0.1) is 25.6 Å². The fourth-order valence-electron chi connectivity index (χ4n) is 1.44. The molecule has 0 saturated heterocycles. The molecule has 1 rings (SSSR count). The third kappa shape index (κ3) is 2.62. The maximum atomic E-state index is 11.5. The number of furan rings is 1. The van der Waals surface area contributed by atoms with Crippen molar-refractivity contribution in [3.05, 3.63) is 24.2 Å². The van der Waals surface area contributed by atoms with Crippen molar-refractivity contribution < 1.29 is 13.9 Å². The third-order valence-electron chi connectivity index (χ3n) is 2.28. The van der Waals surface area contributed by atoms with E-state index in [2.05, 4.69) is 6.92 Å². The van der Waals surface area contributed by atoms with Crippen molar-refractivity contribution in [1.82, 2.24) is 0 Å². The summed E-state index contributed by atoms with van der Waals surface area (Å²) >= 11 is 0. The first-order chi connectivity index (χ1) is 6.79. The van der Waals surface area contributed by atoms with Gasteiger partial charge in [0.25, 0.3) is 0 Å². The second kappa shape index (κ2) is 5.47. The first-order valence-electron chi connectivity index (χ1n) is 4.89. The number of carbonyl (C=O) groups excluding carboxylic acids is 1. The lowest BCUT2D eigenvalue weighted by Gasteiger charge is -2.11. The summed E-state index contributed by atoms with van der Waals surface area (Å²) in [6.07, 6.45) is 6.10. The first-order valence-corrected chi connectivity index (χ1v) is 4.89. The average molecular weight is 196 g/mol. The second-order valence-electron chi connectivity index (χ2n) is 3.27. The van der Waals surface area contributed by atoms with Gasteiger partial charge in [-0.1, -0.05) is 19.8 Å². The van der Waals surface area contributed by atoms with Crippen LogP contribution >= 0.6 is 0 Å². The number of rotatable bonds is 5. The van der Waals surface area contributed by atoms with E-state index >= 15 is 0 Å². The van der Waals surface area contributed by atoms with Crippen molar-refractivity contribution in [2.75, 3.05) is 7.11 Å². The third-order valence-corrected chi connectivity index (χ3v) is 2.28. The number of unbranched alkanes of at least 4 members (excludes halogenated alkanes) is 1. The van der Waals surface area contributed by atoms with Crippen LogP contribution in [0.5, 0.6) is 0 Å². The van der Waals surface area contributed by atoms with E-state index in [1.165, 1.54) is 7.11 Å². The Morgan fingerprint density at radius 1 is 1.64 bits per heavy atom. The van der Waals surface area contributed by atoms with E-state index < -0.39 is 0 Å². The molecule has 0 saturated carbocycles. The molecule has 1 heterocycles. The van der Waals surface area contributed by atoms with E-state index in [0.717, 1.165) is 24.8 Å². The fraction of sp³-hybridized carbons (Fsp3) is 0.545. The summed E-state index contributed by atoms with van der Waals surface area (Å²) in [5.74, 6) is -0.349. The second-order valence-corrected chi connectivity index (χ2v) is 3.27. The number of hydrogen-bond donors (Lipinski definition) is 0. The van der Waals surface area contributed by atoms with Crippen LogP contribution in [0.25, 0.3) is 0 Å². The molecule has 0 fully saturated rings. The predicted octanol–water partition coefficient (Wildman–Crippen LogP) is 2.73. The molecule has 0 aliphatic carbocycles. The molecular formula is C11H16O3. The zero-order valence-electron chi connectivity index (χ0n) is 8.66. The predicted molar refractivity (Wildman–Crippen MR) is 53.0 cm³/mol. The van der Waals surface area contributed by atoms with Crippen LogP contribution in [0.2, 0.25) is 0 Å². The van der Waals surface area contributed by atoms with Crippen molar-refractivity contribution in [2.45, 2.75) is 32.1 Å². The van der Waals surface area contributed by atoms with Crippen LogP contribution in [-0.4, -0.2) is 13.1 Å². The number of methoxy groups -OCH3 is 1. The molecule has 0 amide bonds. The van der Waals surface area contributed by atoms with Crippen LogP contribution in [0.15, 0.2) is 23.0 Å². The molecule has 1 aromatic heterocycles. The molecule has 1 atom stereocenters. The largest absolute Gasteiger partial charge is 0.472 e. The highest BCUT2D eigenvalue weighted by Gasteiger charge is 2.21. The minimum Gasteiger partial charge on any atom is -0.472 e. The molecule has 0 bridgehead atoms. The lowest BCUT2D eigenvalue weighted by Crippen LogP contribution is -2.13. The number of carbonyl (C=O) groups is 1. The van der Waals surface area contributed by atoms with Gasteiger partial charge in [0, 0.05) is 5.56 Å². The van der Waals surface area contributed by atoms with Gasteiger partial charge in [0.1, 0.15) is 0 Å². The Labute approximate surface area is 84.1 Å². The van der Waals surface area contributed by atoms with Crippen LogP contribution in [0.3, 0.4) is 0 Å². The Morgan fingerprint density at radius 2 is 2.43 bits per heavy atom. The molecule has 0 spiro atoms. The minimum absolute atomic E-state index is 0.168. The topological polar surface area (TPSA) is 39.4 Å². The fourth-order valence-corrected chi connectivity index (χ4v) is 1.44. The van der Waals surface area contributed by atoms with Crippen molar-refractivity contribution in [3.8, 4) is 0 Å². The highest BCUT2D eigenvalue weighted by atomic mass is 16.5. The Bertz CT molecular complexity index is 264. The number of esters is 1. The van der Waals surface area contributed by atoms with Gasteiger partial charge in [-0.05, 0) is 12.5 Å². The Morgan fingerprint density at radius 3 is 2.93 bits per heavy atom. The Balaban J connectivity index is 2.67. The van der Waals surface area contributed by atoms with Gasteiger partial charge < -0.3 is 9.15 Å². The van der Waals surface area contributed by atoms with Crippen molar-refractivity contribution in [3.63, 3.8) is 0 Å². The van der Waals surface area contributed by atoms with E-state index in [0.29, 0.717) is 0 Å². The van der Waals surface area contributed by atoms with E-state index in [9.17, 15) is 4.79 Å². The highest BCUT2D eigenvalue weighted by Crippen LogP contribution is 2.23. The zero-order valence-corrected chi connectivity index (χ0v) is 8.66. The summed E-state index contributed by atoms with van der Waals surface area (Å²) in [6.45, 7) is 2.10. The molecule has 0 radical (unpaired) electrons. The normalized spacial score (nSPS) is 12.4.